The van der Waals surface area contributed by atoms with E-state index in [1.807, 2.05) is 30.3 Å². The maximum atomic E-state index is 8.76. The molecule has 1 nitrogen and oxygen atoms in total. The van der Waals surface area contributed by atoms with Crippen LogP contribution in [0.1, 0.15) is 49.7 Å². The van der Waals surface area contributed by atoms with Crippen molar-refractivity contribution >= 4 is 0 Å². The highest BCUT2D eigenvalue weighted by Gasteiger charge is 2.18. The van der Waals surface area contributed by atoms with E-state index in [0.717, 1.165) is 17.9 Å². The molecule has 0 unspecified atom stereocenters. The van der Waals surface area contributed by atoms with Crippen LogP contribution in [0.5, 0.6) is 0 Å². The summed E-state index contributed by atoms with van der Waals surface area (Å²) in [6, 6.07) is 9.65. The summed E-state index contributed by atoms with van der Waals surface area (Å²) in [7, 11) is 0. The number of rotatable bonds is 3. The predicted molar refractivity (Wildman–Crippen MR) is 82.9 cm³/mol. The SMILES string of the molecule is C=CCCC1CCC(C#Cc2ccc(C#N)cc2)CC1. The van der Waals surface area contributed by atoms with Gasteiger partial charge in [-0.05, 0) is 68.7 Å². The fraction of sp³-hybridized carbons (Fsp3) is 0.421. The summed E-state index contributed by atoms with van der Waals surface area (Å²) in [6.45, 7) is 3.79. The maximum absolute atomic E-state index is 8.76. The topological polar surface area (TPSA) is 23.8 Å². The Bertz CT molecular complexity index is 528. The van der Waals surface area contributed by atoms with Gasteiger partial charge in [0.2, 0.25) is 0 Å². The van der Waals surface area contributed by atoms with Gasteiger partial charge >= 0.3 is 0 Å². The van der Waals surface area contributed by atoms with Crippen LogP contribution in [0, 0.1) is 35.0 Å². The molecule has 1 heteroatoms. The zero-order chi connectivity index (χ0) is 14.2. The number of hydrogen-bond acceptors (Lipinski definition) is 1. The van der Waals surface area contributed by atoms with Crippen molar-refractivity contribution in [3.8, 4) is 17.9 Å². The molecule has 1 aromatic carbocycles. The zero-order valence-corrected chi connectivity index (χ0v) is 11.9. The van der Waals surface area contributed by atoms with Crippen molar-refractivity contribution in [1.82, 2.24) is 0 Å². The molecule has 0 atom stereocenters. The number of allylic oxidation sites excluding steroid dienone is 1. The predicted octanol–water partition coefficient (Wildman–Crippen LogP) is 4.68. The van der Waals surface area contributed by atoms with E-state index in [1.54, 1.807) is 0 Å². The smallest absolute Gasteiger partial charge is 0.0991 e. The second-order valence-electron chi connectivity index (χ2n) is 5.54. The van der Waals surface area contributed by atoms with E-state index in [4.69, 9.17) is 5.26 Å². The van der Waals surface area contributed by atoms with E-state index in [2.05, 4.69) is 24.5 Å². The van der Waals surface area contributed by atoms with E-state index in [0.29, 0.717) is 11.5 Å². The first-order chi connectivity index (χ1) is 9.81. The Morgan fingerprint density at radius 1 is 1.10 bits per heavy atom. The van der Waals surface area contributed by atoms with Crippen LogP contribution in [-0.2, 0) is 0 Å². The summed E-state index contributed by atoms with van der Waals surface area (Å²) in [5.41, 5.74) is 1.70. The molecule has 1 aliphatic rings. The molecule has 0 saturated heterocycles. The van der Waals surface area contributed by atoms with Gasteiger partial charge in [-0.25, -0.2) is 0 Å². The standard InChI is InChI=1S/C19H21N/c1-2-3-4-16-5-7-17(8-6-16)9-10-18-11-13-19(15-20)14-12-18/h2,11-14,16-17H,1,3-8H2. The van der Waals surface area contributed by atoms with Gasteiger partial charge in [0, 0.05) is 11.5 Å². The molecule has 0 spiro atoms. The van der Waals surface area contributed by atoms with Crippen LogP contribution in [0.25, 0.3) is 0 Å². The highest BCUT2D eigenvalue weighted by molar-refractivity contribution is 5.40. The third-order valence-electron chi connectivity index (χ3n) is 4.06. The molecule has 0 radical (unpaired) electrons. The third-order valence-corrected chi connectivity index (χ3v) is 4.06. The molecule has 0 aromatic heterocycles. The second-order valence-corrected chi connectivity index (χ2v) is 5.54. The van der Waals surface area contributed by atoms with Gasteiger partial charge in [0.05, 0.1) is 11.6 Å². The molecular weight excluding hydrogens is 242 g/mol. The lowest BCUT2D eigenvalue weighted by Crippen LogP contribution is -2.13. The Hall–Kier alpha value is -1.99. The van der Waals surface area contributed by atoms with Gasteiger partial charge in [-0.15, -0.1) is 6.58 Å². The van der Waals surface area contributed by atoms with Gasteiger partial charge in [-0.1, -0.05) is 17.9 Å². The van der Waals surface area contributed by atoms with Gasteiger partial charge in [0.15, 0.2) is 0 Å². The molecule has 1 saturated carbocycles. The van der Waals surface area contributed by atoms with E-state index in [-0.39, 0.29) is 0 Å². The van der Waals surface area contributed by atoms with Gasteiger partial charge < -0.3 is 0 Å². The van der Waals surface area contributed by atoms with Crippen LogP contribution in [0.15, 0.2) is 36.9 Å². The Labute approximate surface area is 122 Å². The van der Waals surface area contributed by atoms with Crippen molar-refractivity contribution < 1.29 is 0 Å². The first kappa shape index (κ1) is 14.4. The normalized spacial score (nSPS) is 21.4. The fourth-order valence-electron chi connectivity index (χ4n) is 2.76. The van der Waals surface area contributed by atoms with Crippen molar-refractivity contribution in [3.63, 3.8) is 0 Å². The first-order valence-electron chi connectivity index (χ1n) is 7.44. The summed E-state index contributed by atoms with van der Waals surface area (Å²) in [6.07, 6.45) is 9.53. The third kappa shape index (κ3) is 4.29. The van der Waals surface area contributed by atoms with E-state index in [9.17, 15) is 0 Å². The molecular formula is C19H21N. The lowest BCUT2D eigenvalue weighted by Gasteiger charge is -2.25. The number of benzene rings is 1. The number of nitrogens with zero attached hydrogens (tertiary/aromatic N) is 1. The Morgan fingerprint density at radius 2 is 1.75 bits per heavy atom. The molecule has 1 aliphatic carbocycles. The maximum Gasteiger partial charge on any atom is 0.0991 e. The summed E-state index contributed by atoms with van der Waals surface area (Å²) in [4.78, 5) is 0. The average molecular weight is 263 g/mol. The molecule has 102 valence electrons. The van der Waals surface area contributed by atoms with Crippen molar-refractivity contribution in [1.29, 1.82) is 5.26 Å². The molecule has 0 heterocycles. The van der Waals surface area contributed by atoms with Gasteiger partial charge in [0.1, 0.15) is 0 Å². The van der Waals surface area contributed by atoms with Crippen LogP contribution < -0.4 is 0 Å². The van der Waals surface area contributed by atoms with Crippen molar-refractivity contribution in [3.05, 3.63) is 48.0 Å². The minimum Gasteiger partial charge on any atom is -0.192 e. The van der Waals surface area contributed by atoms with Crippen molar-refractivity contribution in [2.24, 2.45) is 11.8 Å². The molecule has 1 aromatic rings. The minimum absolute atomic E-state index is 0.547. The molecule has 1 fully saturated rings. The number of nitriles is 1. The number of hydrogen-bond donors (Lipinski definition) is 0. The monoisotopic (exact) mass is 263 g/mol. The van der Waals surface area contributed by atoms with Gasteiger partial charge in [-0.2, -0.15) is 5.26 Å². The fourth-order valence-corrected chi connectivity index (χ4v) is 2.76. The van der Waals surface area contributed by atoms with Crippen LogP contribution in [0.3, 0.4) is 0 Å². The summed E-state index contributed by atoms with van der Waals surface area (Å²) < 4.78 is 0. The molecule has 2 rings (SSSR count). The first-order valence-corrected chi connectivity index (χ1v) is 7.44. The molecule has 0 aliphatic heterocycles. The summed E-state index contributed by atoms with van der Waals surface area (Å²) in [5.74, 6) is 8.07. The lowest BCUT2D eigenvalue weighted by molar-refractivity contribution is 0.303. The van der Waals surface area contributed by atoms with Crippen LogP contribution >= 0.6 is 0 Å². The van der Waals surface area contributed by atoms with Crippen molar-refractivity contribution in [2.45, 2.75) is 38.5 Å². The molecule has 0 N–H and O–H groups in total. The highest BCUT2D eigenvalue weighted by atomic mass is 14.2. The summed E-state index contributed by atoms with van der Waals surface area (Å²) >= 11 is 0. The van der Waals surface area contributed by atoms with E-state index >= 15 is 0 Å². The molecule has 20 heavy (non-hydrogen) atoms. The highest BCUT2D eigenvalue weighted by Crippen LogP contribution is 2.31. The van der Waals surface area contributed by atoms with E-state index < -0.39 is 0 Å². The summed E-state index contributed by atoms with van der Waals surface area (Å²) in [5, 5.41) is 8.76. The Kier molecular flexibility index (Phi) is 5.45. The van der Waals surface area contributed by atoms with Gasteiger partial charge in [0.25, 0.3) is 0 Å². The van der Waals surface area contributed by atoms with Crippen molar-refractivity contribution in [2.75, 3.05) is 0 Å². The second kappa shape index (κ2) is 7.56. The van der Waals surface area contributed by atoms with Gasteiger partial charge in [-0.3, -0.25) is 0 Å². The Morgan fingerprint density at radius 3 is 2.35 bits per heavy atom. The largest absolute Gasteiger partial charge is 0.192 e. The molecule has 0 bridgehead atoms. The minimum atomic E-state index is 0.547. The Balaban J connectivity index is 1.84. The zero-order valence-electron chi connectivity index (χ0n) is 11.9. The van der Waals surface area contributed by atoms with Crippen LogP contribution in [0.4, 0.5) is 0 Å². The molecule has 0 amide bonds. The lowest BCUT2D eigenvalue weighted by atomic mass is 9.80. The van der Waals surface area contributed by atoms with Crippen LogP contribution in [-0.4, -0.2) is 0 Å². The van der Waals surface area contributed by atoms with Crippen LogP contribution in [0.2, 0.25) is 0 Å². The van der Waals surface area contributed by atoms with E-state index in [1.165, 1.54) is 32.1 Å². The average Bonchev–Trinajstić information content (AvgIpc) is 2.52. The quantitative estimate of drug-likeness (QED) is 0.573.